The second-order valence-electron chi connectivity index (χ2n) is 6.48. The standard InChI is InChI=1S/C20H20ClFN2O6S/c1-12(25)14-3-5-15(6-4-14)24-20(27)13(2)30-19(26)9-10-23-31(28,29)16-7-8-18(22)17(21)11-16/h3-8,11,13,23H,9-10H2,1-2H3,(H,24,27). The van der Waals surface area contributed by atoms with Crippen LogP contribution in [0.15, 0.2) is 47.4 Å². The van der Waals surface area contributed by atoms with Gasteiger partial charge in [-0.05, 0) is 56.3 Å². The second kappa shape index (κ2) is 10.5. The molecule has 2 aromatic rings. The number of sulfonamides is 1. The Kier molecular flexibility index (Phi) is 8.26. The fourth-order valence-corrected chi connectivity index (χ4v) is 3.66. The van der Waals surface area contributed by atoms with Crippen LogP contribution in [0.3, 0.4) is 0 Å². The number of amides is 1. The average Bonchev–Trinajstić information content (AvgIpc) is 2.70. The Morgan fingerprint density at radius 3 is 2.35 bits per heavy atom. The molecule has 0 fully saturated rings. The van der Waals surface area contributed by atoms with Gasteiger partial charge < -0.3 is 10.1 Å². The maximum absolute atomic E-state index is 13.2. The first-order valence-electron chi connectivity index (χ1n) is 9.05. The van der Waals surface area contributed by atoms with E-state index in [-0.39, 0.29) is 28.7 Å². The molecule has 0 aliphatic heterocycles. The number of carbonyl (C=O) groups excluding carboxylic acids is 3. The van der Waals surface area contributed by atoms with E-state index in [1.807, 2.05) is 0 Å². The minimum atomic E-state index is -4.00. The van der Waals surface area contributed by atoms with Crippen molar-refractivity contribution < 1.29 is 31.9 Å². The molecule has 1 amide bonds. The van der Waals surface area contributed by atoms with Crippen molar-refractivity contribution in [3.63, 3.8) is 0 Å². The van der Waals surface area contributed by atoms with Crippen LogP contribution in [0.5, 0.6) is 0 Å². The monoisotopic (exact) mass is 470 g/mol. The highest BCUT2D eigenvalue weighted by atomic mass is 35.5. The molecule has 0 spiro atoms. The molecule has 0 radical (unpaired) electrons. The molecule has 0 aromatic heterocycles. The summed E-state index contributed by atoms with van der Waals surface area (Å²) in [6.45, 7) is 2.49. The first kappa shape index (κ1) is 24.4. The van der Waals surface area contributed by atoms with Crippen LogP contribution in [0.4, 0.5) is 10.1 Å². The zero-order chi connectivity index (χ0) is 23.2. The van der Waals surface area contributed by atoms with E-state index < -0.39 is 33.8 Å². The summed E-state index contributed by atoms with van der Waals surface area (Å²) in [7, 11) is -4.00. The molecule has 166 valence electrons. The summed E-state index contributed by atoms with van der Waals surface area (Å²) < 4.78 is 44.6. The maximum atomic E-state index is 13.2. The molecule has 0 saturated heterocycles. The van der Waals surface area contributed by atoms with Crippen molar-refractivity contribution in [2.75, 3.05) is 11.9 Å². The van der Waals surface area contributed by atoms with Gasteiger partial charge in [0.15, 0.2) is 11.9 Å². The molecule has 8 nitrogen and oxygen atoms in total. The third-order valence-corrected chi connectivity index (χ3v) is 5.81. The van der Waals surface area contributed by atoms with Crippen molar-refractivity contribution in [3.8, 4) is 0 Å². The molecule has 2 aromatic carbocycles. The van der Waals surface area contributed by atoms with Gasteiger partial charge in [0.1, 0.15) is 5.82 Å². The molecular formula is C20H20ClFN2O6S. The predicted octanol–water partition coefficient (Wildman–Crippen LogP) is 2.92. The number of hydrogen-bond acceptors (Lipinski definition) is 6. The number of anilines is 1. The Hall–Kier alpha value is -2.82. The van der Waals surface area contributed by atoms with Crippen molar-refractivity contribution in [2.24, 2.45) is 0 Å². The smallest absolute Gasteiger partial charge is 0.307 e. The molecule has 0 aliphatic carbocycles. The summed E-state index contributed by atoms with van der Waals surface area (Å²) in [5, 5.41) is 2.19. The molecular weight excluding hydrogens is 451 g/mol. The van der Waals surface area contributed by atoms with E-state index in [0.29, 0.717) is 11.3 Å². The zero-order valence-corrected chi connectivity index (χ0v) is 18.2. The number of ketones is 1. The SMILES string of the molecule is CC(=O)c1ccc(NC(=O)C(C)OC(=O)CCNS(=O)(=O)c2ccc(F)c(Cl)c2)cc1. The molecule has 0 aliphatic rings. The lowest BCUT2D eigenvalue weighted by Gasteiger charge is -2.14. The topological polar surface area (TPSA) is 119 Å². The van der Waals surface area contributed by atoms with E-state index in [0.717, 1.165) is 18.2 Å². The molecule has 1 unspecified atom stereocenters. The lowest BCUT2D eigenvalue weighted by atomic mass is 10.1. The highest BCUT2D eigenvalue weighted by Crippen LogP contribution is 2.19. The Morgan fingerprint density at radius 2 is 1.77 bits per heavy atom. The van der Waals surface area contributed by atoms with E-state index in [4.69, 9.17) is 16.3 Å². The number of ether oxygens (including phenoxy) is 1. The van der Waals surface area contributed by atoms with E-state index in [9.17, 15) is 27.2 Å². The van der Waals surface area contributed by atoms with E-state index in [1.165, 1.54) is 13.8 Å². The van der Waals surface area contributed by atoms with Gasteiger partial charge in [-0.25, -0.2) is 17.5 Å². The normalized spacial score (nSPS) is 12.1. The van der Waals surface area contributed by atoms with Crippen LogP contribution in [0.25, 0.3) is 0 Å². The lowest BCUT2D eigenvalue weighted by Crippen LogP contribution is -2.32. The average molecular weight is 471 g/mol. The van der Waals surface area contributed by atoms with Gasteiger partial charge >= 0.3 is 5.97 Å². The Bertz CT molecular complexity index is 1090. The van der Waals surface area contributed by atoms with Crippen LogP contribution >= 0.6 is 11.6 Å². The molecule has 0 heterocycles. The number of nitrogens with one attached hydrogen (secondary N) is 2. The number of halogens is 2. The number of rotatable bonds is 9. The van der Waals surface area contributed by atoms with Crippen molar-refractivity contribution >= 4 is 45.0 Å². The van der Waals surface area contributed by atoms with Crippen LogP contribution in [0.2, 0.25) is 5.02 Å². The van der Waals surface area contributed by atoms with Crippen molar-refractivity contribution in [1.82, 2.24) is 4.72 Å². The third kappa shape index (κ3) is 7.12. The molecule has 0 saturated carbocycles. The molecule has 1 atom stereocenters. The summed E-state index contributed by atoms with van der Waals surface area (Å²) >= 11 is 5.58. The minimum absolute atomic E-state index is 0.113. The summed E-state index contributed by atoms with van der Waals surface area (Å²) in [6, 6.07) is 9.09. The van der Waals surface area contributed by atoms with Crippen molar-refractivity contribution in [2.45, 2.75) is 31.3 Å². The number of benzene rings is 2. The first-order valence-corrected chi connectivity index (χ1v) is 10.9. The molecule has 2 N–H and O–H groups in total. The van der Waals surface area contributed by atoms with Crippen LogP contribution in [-0.2, 0) is 24.3 Å². The molecule has 31 heavy (non-hydrogen) atoms. The predicted molar refractivity (Wildman–Crippen MR) is 112 cm³/mol. The van der Waals surface area contributed by atoms with E-state index in [2.05, 4.69) is 10.0 Å². The number of Topliss-reactive ketones (excluding diaryl/α,β-unsaturated/α-hetero) is 1. The van der Waals surface area contributed by atoms with Crippen molar-refractivity contribution in [3.05, 3.63) is 58.9 Å². The first-order chi connectivity index (χ1) is 14.5. The zero-order valence-electron chi connectivity index (χ0n) is 16.6. The molecule has 0 bridgehead atoms. The number of carbonyl (C=O) groups is 3. The van der Waals surface area contributed by atoms with E-state index in [1.54, 1.807) is 24.3 Å². The molecule has 2 rings (SSSR count). The van der Waals surface area contributed by atoms with Crippen LogP contribution in [0, 0.1) is 5.82 Å². The third-order valence-electron chi connectivity index (χ3n) is 4.06. The largest absolute Gasteiger partial charge is 0.452 e. The summed E-state index contributed by atoms with van der Waals surface area (Å²) in [5.74, 6) is -2.26. The van der Waals surface area contributed by atoms with Gasteiger partial charge in [0.25, 0.3) is 5.91 Å². The summed E-state index contributed by atoms with van der Waals surface area (Å²) in [4.78, 5) is 35.0. The quantitative estimate of drug-likeness (QED) is 0.429. The fraction of sp³-hybridized carbons (Fsp3) is 0.250. The highest BCUT2D eigenvalue weighted by molar-refractivity contribution is 7.89. The number of esters is 1. The summed E-state index contributed by atoms with van der Waals surface area (Å²) in [6.07, 6.45) is -1.47. The van der Waals surface area contributed by atoms with Gasteiger partial charge in [-0.15, -0.1) is 0 Å². The van der Waals surface area contributed by atoms with Gasteiger partial charge in [-0.3, -0.25) is 14.4 Å². The van der Waals surface area contributed by atoms with Crippen molar-refractivity contribution in [1.29, 1.82) is 0 Å². The number of hydrogen-bond donors (Lipinski definition) is 2. The molecule has 11 heteroatoms. The Balaban J connectivity index is 1.82. The highest BCUT2D eigenvalue weighted by Gasteiger charge is 2.20. The summed E-state index contributed by atoms with van der Waals surface area (Å²) in [5.41, 5.74) is 0.909. The van der Waals surface area contributed by atoms with E-state index >= 15 is 0 Å². The lowest BCUT2D eigenvalue weighted by molar-refractivity contribution is -0.152. The minimum Gasteiger partial charge on any atom is -0.452 e. The fourth-order valence-electron chi connectivity index (χ4n) is 2.36. The van der Waals surface area contributed by atoms with Crippen LogP contribution in [-0.4, -0.2) is 38.7 Å². The Labute approximate surface area is 183 Å². The van der Waals surface area contributed by atoms with Gasteiger partial charge in [-0.1, -0.05) is 11.6 Å². The maximum Gasteiger partial charge on any atom is 0.307 e. The Morgan fingerprint density at radius 1 is 1.13 bits per heavy atom. The van der Waals surface area contributed by atoms with Crippen LogP contribution < -0.4 is 10.0 Å². The van der Waals surface area contributed by atoms with Gasteiger partial charge in [-0.2, -0.15) is 0 Å². The van der Waals surface area contributed by atoms with Gasteiger partial charge in [0.05, 0.1) is 16.3 Å². The van der Waals surface area contributed by atoms with Gasteiger partial charge in [0.2, 0.25) is 10.0 Å². The van der Waals surface area contributed by atoms with Gasteiger partial charge in [0, 0.05) is 17.8 Å². The second-order valence-corrected chi connectivity index (χ2v) is 8.65. The van der Waals surface area contributed by atoms with Crippen LogP contribution in [0.1, 0.15) is 30.6 Å².